The van der Waals surface area contributed by atoms with Gasteiger partial charge in [0.15, 0.2) is 0 Å². The minimum atomic E-state index is -3.19. The van der Waals surface area contributed by atoms with Gasteiger partial charge in [0.1, 0.15) is 0 Å². The maximum Gasteiger partial charge on any atom is 0.208 e. The summed E-state index contributed by atoms with van der Waals surface area (Å²) in [6.45, 7) is 3.75. The van der Waals surface area contributed by atoms with Gasteiger partial charge in [0, 0.05) is 6.54 Å². The smallest absolute Gasteiger partial charge is 0.208 e. The van der Waals surface area contributed by atoms with E-state index in [9.17, 15) is 13.5 Å². The Morgan fingerprint density at radius 1 is 1.33 bits per heavy atom. The quantitative estimate of drug-likeness (QED) is 0.653. The van der Waals surface area contributed by atoms with Crippen LogP contribution < -0.4 is 4.72 Å². The summed E-state index contributed by atoms with van der Waals surface area (Å²) in [5, 5.41) is 9.67. The van der Waals surface area contributed by atoms with E-state index in [0.717, 1.165) is 6.26 Å². The lowest BCUT2D eigenvalue weighted by molar-refractivity contribution is 0.0377. The highest BCUT2D eigenvalue weighted by molar-refractivity contribution is 7.88. The van der Waals surface area contributed by atoms with Crippen LogP contribution in [0.2, 0.25) is 0 Å². The number of hydrogen-bond donors (Lipinski definition) is 2. The molecule has 5 heteroatoms. The van der Waals surface area contributed by atoms with Crippen LogP contribution in [0.5, 0.6) is 0 Å². The SMILES string of the molecule is CCC(O)(CC)CNS(C)(=O)=O. The maximum atomic E-state index is 10.7. The van der Waals surface area contributed by atoms with Crippen LogP contribution in [-0.4, -0.2) is 31.9 Å². The molecule has 0 bridgehead atoms. The van der Waals surface area contributed by atoms with Gasteiger partial charge in [-0.25, -0.2) is 13.1 Å². The molecule has 0 atom stereocenters. The van der Waals surface area contributed by atoms with Gasteiger partial charge in [-0.1, -0.05) is 13.8 Å². The van der Waals surface area contributed by atoms with E-state index in [-0.39, 0.29) is 6.54 Å². The van der Waals surface area contributed by atoms with Crippen molar-refractivity contribution in [3.8, 4) is 0 Å². The third-order valence-corrected chi connectivity index (χ3v) is 2.65. The minimum absolute atomic E-state index is 0.0961. The van der Waals surface area contributed by atoms with Crippen molar-refractivity contribution in [3.63, 3.8) is 0 Å². The molecular weight excluding hydrogens is 178 g/mol. The molecule has 12 heavy (non-hydrogen) atoms. The first-order valence-electron chi connectivity index (χ1n) is 4.00. The van der Waals surface area contributed by atoms with Crippen molar-refractivity contribution >= 4 is 10.0 Å². The second-order valence-corrected chi connectivity index (χ2v) is 4.86. The normalized spacial score (nSPS) is 13.3. The van der Waals surface area contributed by atoms with Gasteiger partial charge in [0.25, 0.3) is 0 Å². The first-order valence-corrected chi connectivity index (χ1v) is 5.89. The number of hydrogen-bond acceptors (Lipinski definition) is 3. The summed E-state index contributed by atoms with van der Waals surface area (Å²) < 4.78 is 23.7. The molecule has 0 aliphatic rings. The van der Waals surface area contributed by atoms with E-state index in [2.05, 4.69) is 4.72 Å². The Hall–Kier alpha value is -0.130. The van der Waals surface area contributed by atoms with Crippen LogP contribution in [-0.2, 0) is 10.0 Å². The predicted molar refractivity (Wildman–Crippen MR) is 48.4 cm³/mol. The maximum absolute atomic E-state index is 10.7. The lowest BCUT2D eigenvalue weighted by atomic mass is 9.98. The summed E-state index contributed by atoms with van der Waals surface area (Å²) in [5.74, 6) is 0. The monoisotopic (exact) mass is 195 g/mol. The van der Waals surface area contributed by atoms with Gasteiger partial charge in [0.05, 0.1) is 11.9 Å². The van der Waals surface area contributed by atoms with Crippen LogP contribution in [0.25, 0.3) is 0 Å². The molecule has 0 aliphatic carbocycles. The van der Waals surface area contributed by atoms with E-state index in [1.54, 1.807) is 0 Å². The Morgan fingerprint density at radius 3 is 2.00 bits per heavy atom. The number of rotatable bonds is 5. The molecule has 0 fully saturated rings. The van der Waals surface area contributed by atoms with Crippen LogP contribution in [0.4, 0.5) is 0 Å². The molecule has 0 saturated carbocycles. The van der Waals surface area contributed by atoms with Crippen molar-refractivity contribution < 1.29 is 13.5 Å². The summed E-state index contributed by atoms with van der Waals surface area (Å²) in [5.41, 5.74) is -0.900. The Bertz CT molecular complexity index is 219. The van der Waals surface area contributed by atoms with Gasteiger partial charge in [-0.2, -0.15) is 0 Å². The van der Waals surface area contributed by atoms with Crippen LogP contribution in [0.1, 0.15) is 26.7 Å². The lowest BCUT2D eigenvalue weighted by Crippen LogP contribution is -2.41. The topological polar surface area (TPSA) is 66.4 Å². The first kappa shape index (κ1) is 11.9. The van der Waals surface area contributed by atoms with Gasteiger partial charge in [-0.15, -0.1) is 0 Å². The van der Waals surface area contributed by atoms with Gasteiger partial charge < -0.3 is 5.11 Å². The molecule has 0 radical (unpaired) electrons. The van der Waals surface area contributed by atoms with Gasteiger partial charge in [-0.05, 0) is 12.8 Å². The molecule has 0 rings (SSSR count). The molecule has 0 amide bonds. The molecule has 0 saturated heterocycles. The third kappa shape index (κ3) is 4.69. The number of nitrogens with one attached hydrogen (secondary N) is 1. The molecule has 0 aromatic heterocycles. The Morgan fingerprint density at radius 2 is 1.75 bits per heavy atom. The fraction of sp³-hybridized carbons (Fsp3) is 1.00. The van der Waals surface area contributed by atoms with Crippen LogP contribution >= 0.6 is 0 Å². The van der Waals surface area contributed by atoms with Gasteiger partial charge in [-0.3, -0.25) is 0 Å². The van der Waals surface area contributed by atoms with E-state index < -0.39 is 15.6 Å². The Labute approximate surface area is 74.0 Å². The second kappa shape index (κ2) is 4.20. The Balaban J connectivity index is 4.07. The Kier molecular flexibility index (Phi) is 4.16. The third-order valence-electron chi connectivity index (χ3n) is 1.98. The second-order valence-electron chi connectivity index (χ2n) is 3.02. The number of sulfonamides is 1. The summed E-state index contributed by atoms with van der Waals surface area (Å²) in [6.07, 6.45) is 2.18. The van der Waals surface area contributed by atoms with E-state index in [1.807, 2.05) is 13.8 Å². The molecular formula is C7H17NO3S. The van der Waals surface area contributed by atoms with Crippen molar-refractivity contribution in [2.24, 2.45) is 0 Å². The van der Waals surface area contributed by atoms with Crippen molar-refractivity contribution in [2.45, 2.75) is 32.3 Å². The average Bonchev–Trinajstić information content (AvgIpc) is 1.99. The van der Waals surface area contributed by atoms with E-state index in [1.165, 1.54) is 0 Å². The summed E-state index contributed by atoms with van der Waals surface area (Å²) in [6, 6.07) is 0. The lowest BCUT2D eigenvalue weighted by Gasteiger charge is -2.24. The molecule has 2 N–H and O–H groups in total. The van der Waals surface area contributed by atoms with Crippen molar-refractivity contribution in [1.82, 2.24) is 4.72 Å². The zero-order valence-electron chi connectivity index (χ0n) is 7.79. The van der Waals surface area contributed by atoms with E-state index in [4.69, 9.17) is 0 Å². The summed E-state index contributed by atoms with van der Waals surface area (Å²) >= 11 is 0. The molecule has 0 unspecified atom stereocenters. The highest BCUT2D eigenvalue weighted by Crippen LogP contribution is 2.12. The minimum Gasteiger partial charge on any atom is -0.389 e. The zero-order chi connectivity index (χ0) is 9.83. The molecule has 0 aromatic carbocycles. The molecule has 0 aliphatic heterocycles. The van der Waals surface area contributed by atoms with Crippen LogP contribution in [0, 0.1) is 0 Å². The summed E-state index contributed by atoms with van der Waals surface area (Å²) in [7, 11) is -3.19. The molecule has 0 spiro atoms. The zero-order valence-corrected chi connectivity index (χ0v) is 8.61. The van der Waals surface area contributed by atoms with E-state index in [0.29, 0.717) is 12.8 Å². The molecule has 0 aromatic rings. The van der Waals surface area contributed by atoms with Gasteiger partial charge in [0.2, 0.25) is 10.0 Å². The first-order chi connectivity index (χ1) is 5.33. The van der Waals surface area contributed by atoms with Crippen molar-refractivity contribution in [2.75, 3.05) is 12.8 Å². The largest absolute Gasteiger partial charge is 0.389 e. The molecule has 0 heterocycles. The van der Waals surface area contributed by atoms with Crippen molar-refractivity contribution in [3.05, 3.63) is 0 Å². The van der Waals surface area contributed by atoms with Crippen molar-refractivity contribution in [1.29, 1.82) is 0 Å². The standard InChI is InChI=1S/C7H17NO3S/c1-4-7(9,5-2)6-8-12(3,10)11/h8-9H,4-6H2,1-3H3. The number of aliphatic hydroxyl groups is 1. The van der Waals surface area contributed by atoms with E-state index >= 15 is 0 Å². The molecule has 4 nitrogen and oxygen atoms in total. The fourth-order valence-electron chi connectivity index (χ4n) is 0.765. The van der Waals surface area contributed by atoms with Crippen LogP contribution in [0.3, 0.4) is 0 Å². The fourth-order valence-corrected chi connectivity index (χ4v) is 1.30. The average molecular weight is 195 g/mol. The summed E-state index contributed by atoms with van der Waals surface area (Å²) in [4.78, 5) is 0. The predicted octanol–water partition coefficient (Wildman–Crippen LogP) is 0.0867. The van der Waals surface area contributed by atoms with Crippen LogP contribution in [0.15, 0.2) is 0 Å². The van der Waals surface area contributed by atoms with Gasteiger partial charge >= 0.3 is 0 Å². The highest BCUT2D eigenvalue weighted by atomic mass is 32.2. The highest BCUT2D eigenvalue weighted by Gasteiger charge is 2.22. The molecule has 74 valence electrons.